The quantitative estimate of drug-likeness (QED) is 0.810. The van der Waals surface area contributed by atoms with Crippen molar-refractivity contribution in [3.8, 4) is 0 Å². The SMILES string of the molecule is CCC(C)OCC(=O)N1CCCC(C)(C(=O)O)C1. The Morgan fingerprint density at radius 3 is 2.72 bits per heavy atom. The fraction of sp³-hybridized carbons (Fsp3) is 0.846. The molecule has 1 aliphatic rings. The summed E-state index contributed by atoms with van der Waals surface area (Å²) >= 11 is 0. The number of rotatable bonds is 5. The van der Waals surface area contributed by atoms with Gasteiger partial charge in [0.1, 0.15) is 6.61 Å². The summed E-state index contributed by atoms with van der Waals surface area (Å²) in [6.45, 7) is 6.58. The molecular weight excluding hydrogens is 234 g/mol. The normalized spacial score (nSPS) is 25.8. The van der Waals surface area contributed by atoms with E-state index in [0.29, 0.717) is 13.0 Å². The summed E-state index contributed by atoms with van der Waals surface area (Å²) in [5.41, 5.74) is -0.815. The zero-order chi connectivity index (χ0) is 13.8. The lowest BCUT2D eigenvalue weighted by Crippen LogP contribution is -2.49. The molecule has 0 aromatic carbocycles. The van der Waals surface area contributed by atoms with E-state index in [1.165, 1.54) is 0 Å². The van der Waals surface area contributed by atoms with E-state index in [1.807, 2.05) is 13.8 Å². The molecule has 2 atom stereocenters. The van der Waals surface area contributed by atoms with E-state index < -0.39 is 11.4 Å². The molecule has 5 nitrogen and oxygen atoms in total. The second-order valence-electron chi connectivity index (χ2n) is 5.31. The summed E-state index contributed by atoms with van der Waals surface area (Å²) in [6, 6.07) is 0. The largest absolute Gasteiger partial charge is 0.481 e. The number of carboxylic acid groups (broad SMARTS) is 1. The Hall–Kier alpha value is -1.10. The van der Waals surface area contributed by atoms with Crippen LogP contribution in [0.5, 0.6) is 0 Å². The van der Waals surface area contributed by atoms with Crippen molar-refractivity contribution in [2.45, 2.75) is 46.1 Å². The maximum atomic E-state index is 11.9. The predicted octanol–water partition coefficient (Wildman–Crippen LogP) is 1.51. The van der Waals surface area contributed by atoms with Gasteiger partial charge in [-0.25, -0.2) is 0 Å². The van der Waals surface area contributed by atoms with E-state index in [2.05, 4.69) is 0 Å². The number of ether oxygens (including phenoxy) is 1. The first-order valence-corrected chi connectivity index (χ1v) is 6.52. The molecule has 0 spiro atoms. The van der Waals surface area contributed by atoms with Crippen LogP contribution in [0, 0.1) is 5.41 Å². The average Bonchev–Trinajstić information content (AvgIpc) is 2.35. The van der Waals surface area contributed by atoms with E-state index in [9.17, 15) is 14.7 Å². The number of hydrogen-bond donors (Lipinski definition) is 1. The minimum atomic E-state index is -0.831. The van der Waals surface area contributed by atoms with Crippen molar-refractivity contribution in [2.75, 3.05) is 19.7 Å². The van der Waals surface area contributed by atoms with Gasteiger partial charge < -0.3 is 14.7 Å². The molecule has 1 rings (SSSR count). The van der Waals surface area contributed by atoms with Crippen molar-refractivity contribution < 1.29 is 19.4 Å². The fourth-order valence-corrected chi connectivity index (χ4v) is 2.05. The first-order valence-electron chi connectivity index (χ1n) is 6.52. The number of hydrogen-bond acceptors (Lipinski definition) is 3. The van der Waals surface area contributed by atoms with Crippen LogP contribution >= 0.6 is 0 Å². The van der Waals surface area contributed by atoms with Gasteiger partial charge in [-0.3, -0.25) is 9.59 Å². The van der Waals surface area contributed by atoms with Crippen molar-refractivity contribution >= 4 is 11.9 Å². The van der Waals surface area contributed by atoms with E-state index in [4.69, 9.17) is 4.74 Å². The molecule has 1 N–H and O–H groups in total. The summed E-state index contributed by atoms with van der Waals surface area (Å²) in [5, 5.41) is 9.18. The van der Waals surface area contributed by atoms with Gasteiger partial charge in [-0.15, -0.1) is 0 Å². The smallest absolute Gasteiger partial charge is 0.311 e. The number of piperidine rings is 1. The highest BCUT2D eigenvalue weighted by molar-refractivity contribution is 5.80. The number of nitrogens with zero attached hydrogens (tertiary/aromatic N) is 1. The molecule has 1 amide bonds. The molecule has 0 aromatic heterocycles. The van der Waals surface area contributed by atoms with Crippen LogP contribution in [0.25, 0.3) is 0 Å². The first-order chi connectivity index (χ1) is 8.39. The first kappa shape index (κ1) is 15.0. The summed E-state index contributed by atoms with van der Waals surface area (Å²) in [5.74, 6) is -0.940. The second-order valence-corrected chi connectivity index (χ2v) is 5.31. The maximum absolute atomic E-state index is 11.9. The molecule has 5 heteroatoms. The highest BCUT2D eigenvalue weighted by Gasteiger charge is 2.39. The number of amides is 1. The monoisotopic (exact) mass is 257 g/mol. The Morgan fingerprint density at radius 1 is 1.50 bits per heavy atom. The summed E-state index contributed by atoms with van der Waals surface area (Å²) < 4.78 is 5.40. The molecule has 104 valence electrons. The highest BCUT2D eigenvalue weighted by atomic mass is 16.5. The highest BCUT2D eigenvalue weighted by Crippen LogP contribution is 2.29. The van der Waals surface area contributed by atoms with E-state index in [0.717, 1.165) is 12.8 Å². The van der Waals surface area contributed by atoms with Crippen LogP contribution in [0.4, 0.5) is 0 Å². The molecular formula is C13H23NO4. The van der Waals surface area contributed by atoms with Gasteiger partial charge in [-0.05, 0) is 33.1 Å². The minimum absolute atomic E-state index is 0.0463. The average molecular weight is 257 g/mol. The molecule has 0 aliphatic carbocycles. The topological polar surface area (TPSA) is 66.8 Å². The molecule has 1 aliphatic heterocycles. The summed E-state index contributed by atoms with van der Waals surface area (Å²) in [6.07, 6.45) is 2.28. The van der Waals surface area contributed by atoms with E-state index in [1.54, 1.807) is 11.8 Å². The van der Waals surface area contributed by atoms with Crippen LogP contribution in [-0.2, 0) is 14.3 Å². The zero-order valence-electron chi connectivity index (χ0n) is 11.4. The molecule has 0 aromatic rings. The Labute approximate surface area is 108 Å². The van der Waals surface area contributed by atoms with Crippen molar-refractivity contribution in [3.05, 3.63) is 0 Å². The number of carboxylic acids is 1. The van der Waals surface area contributed by atoms with Crippen LogP contribution in [0.15, 0.2) is 0 Å². The zero-order valence-corrected chi connectivity index (χ0v) is 11.4. The van der Waals surface area contributed by atoms with Gasteiger partial charge in [0.25, 0.3) is 0 Å². The van der Waals surface area contributed by atoms with Gasteiger partial charge in [0, 0.05) is 13.1 Å². The standard InChI is InChI=1S/C13H23NO4/c1-4-10(2)18-8-11(15)14-7-5-6-13(3,9-14)12(16)17/h10H,4-9H2,1-3H3,(H,16,17). The van der Waals surface area contributed by atoms with Crippen molar-refractivity contribution in [2.24, 2.45) is 5.41 Å². The fourth-order valence-electron chi connectivity index (χ4n) is 2.05. The van der Waals surface area contributed by atoms with Crippen molar-refractivity contribution in [3.63, 3.8) is 0 Å². The molecule has 1 heterocycles. The molecule has 0 radical (unpaired) electrons. The predicted molar refractivity (Wildman–Crippen MR) is 67.3 cm³/mol. The lowest BCUT2D eigenvalue weighted by Gasteiger charge is -2.37. The number of likely N-dealkylation sites (tertiary alicyclic amines) is 1. The lowest BCUT2D eigenvalue weighted by atomic mass is 9.82. The Morgan fingerprint density at radius 2 is 2.17 bits per heavy atom. The molecule has 1 fully saturated rings. The third-order valence-electron chi connectivity index (χ3n) is 3.63. The molecule has 0 saturated carbocycles. The Bertz CT molecular complexity index is 318. The van der Waals surface area contributed by atoms with E-state index in [-0.39, 0.29) is 25.2 Å². The van der Waals surface area contributed by atoms with Crippen molar-refractivity contribution in [1.29, 1.82) is 0 Å². The lowest BCUT2D eigenvalue weighted by molar-refractivity contribution is -0.155. The molecule has 0 bridgehead atoms. The van der Waals surface area contributed by atoms with Crippen LogP contribution < -0.4 is 0 Å². The number of carbonyl (C=O) groups excluding carboxylic acids is 1. The molecule has 1 saturated heterocycles. The number of carbonyl (C=O) groups is 2. The van der Waals surface area contributed by atoms with Crippen LogP contribution in [0.2, 0.25) is 0 Å². The van der Waals surface area contributed by atoms with Crippen LogP contribution in [-0.4, -0.2) is 47.7 Å². The van der Waals surface area contributed by atoms with E-state index >= 15 is 0 Å². The molecule has 2 unspecified atom stereocenters. The van der Waals surface area contributed by atoms with Gasteiger partial charge >= 0.3 is 5.97 Å². The third-order valence-corrected chi connectivity index (χ3v) is 3.63. The summed E-state index contributed by atoms with van der Waals surface area (Å²) in [7, 11) is 0. The number of aliphatic carboxylic acids is 1. The van der Waals surface area contributed by atoms with Gasteiger partial charge in [0.15, 0.2) is 0 Å². The van der Waals surface area contributed by atoms with Crippen LogP contribution in [0.3, 0.4) is 0 Å². The van der Waals surface area contributed by atoms with Gasteiger partial charge in [-0.1, -0.05) is 6.92 Å². The van der Waals surface area contributed by atoms with Gasteiger partial charge in [0.2, 0.25) is 5.91 Å². The van der Waals surface area contributed by atoms with Gasteiger partial charge in [-0.2, -0.15) is 0 Å². The summed E-state index contributed by atoms with van der Waals surface area (Å²) in [4.78, 5) is 24.7. The third kappa shape index (κ3) is 3.70. The minimum Gasteiger partial charge on any atom is -0.481 e. The van der Waals surface area contributed by atoms with Crippen molar-refractivity contribution in [1.82, 2.24) is 4.90 Å². The van der Waals surface area contributed by atoms with Crippen LogP contribution in [0.1, 0.15) is 40.0 Å². The Balaban J connectivity index is 2.51. The maximum Gasteiger partial charge on any atom is 0.311 e. The Kier molecular flexibility index (Phi) is 5.14. The molecule has 18 heavy (non-hydrogen) atoms. The van der Waals surface area contributed by atoms with Gasteiger partial charge in [0.05, 0.1) is 11.5 Å². The second kappa shape index (κ2) is 6.18.